The number of rotatable bonds is 4. The van der Waals surface area contributed by atoms with Crippen molar-refractivity contribution >= 4 is 17.5 Å². The molecule has 3 aromatic rings. The van der Waals surface area contributed by atoms with Crippen molar-refractivity contribution < 1.29 is 9.59 Å². The first-order chi connectivity index (χ1) is 14.5. The topological polar surface area (TPSA) is 62.3 Å². The summed E-state index contributed by atoms with van der Waals surface area (Å²) in [5.41, 5.74) is 5.27. The Morgan fingerprint density at radius 2 is 1.77 bits per heavy atom. The van der Waals surface area contributed by atoms with Gasteiger partial charge in [-0.1, -0.05) is 35.4 Å². The Balaban J connectivity index is 1.54. The van der Waals surface area contributed by atoms with Crippen molar-refractivity contribution in [3.05, 3.63) is 94.8 Å². The van der Waals surface area contributed by atoms with Crippen LogP contribution >= 0.6 is 0 Å². The maximum absolute atomic E-state index is 13.3. The minimum atomic E-state index is -0.248. The first-order valence-corrected chi connectivity index (χ1v) is 10.2. The number of aryl methyl sites for hydroxylation is 2. The van der Waals surface area contributed by atoms with Gasteiger partial charge < -0.3 is 10.2 Å². The van der Waals surface area contributed by atoms with Crippen LogP contribution in [0.25, 0.3) is 0 Å². The highest BCUT2D eigenvalue weighted by atomic mass is 16.2. The van der Waals surface area contributed by atoms with E-state index in [1.807, 2.05) is 4.90 Å². The van der Waals surface area contributed by atoms with Crippen molar-refractivity contribution in [3.63, 3.8) is 0 Å². The lowest BCUT2D eigenvalue weighted by Crippen LogP contribution is -2.30. The highest BCUT2D eigenvalue weighted by Gasteiger charge is 2.31. The van der Waals surface area contributed by atoms with Crippen LogP contribution in [0.15, 0.2) is 67.0 Å². The fourth-order valence-electron chi connectivity index (χ4n) is 4.15. The first-order valence-electron chi connectivity index (χ1n) is 10.2. The Bertz CT molecular complexity index is 1060. The number of hydrogen-bond donors (Lipinski definition) is 1. The number of carbonyl (C=O) groups is 2. The number of benzene rings is 2. The molecule has 1 saturated heterocycles. The number of amides is 2. The van der Waals surface area contributed by atoms with Crippen LogP contribution in [0.2, 0.25) is 0 Å². The smallest absolute Gasteiger partial charge is 0.257 e. The third-order valence-electron chi connectivity index (χ3n) is 5.43. The monoisotopic (exact) mass is 399 g/mol. The van der Waals surface area contributed by atoms with Gasteiger partial charge in [0, 0.05) is 30.2 Å². The number of nitrogens with one attached hydrogen (secondary N) is 1. The van der Waals surface area contributed by atoms with E-state index in [2.05, 4.69) is 42.3 Å². The average Bonchev–Trinajstić information content (AvgIpc) is 3.23. The molecule has 1 aliphatic heterocycles. The van der Waals surface area contributed by atoms with Gasteiger partial charge in [-0.05, 0) is 62.6 Å². The molecule has 0 aliphatic carbocycles. The number of pyridine rings is 1. The van der Waals surface area contributed by atoms with Gasteiger partial charge in [0.05, 0.1) is 11.6 Å². The van der Waals surface area contributed by atoms with Crippen molar-refractivity contribution in [2.45, 2.75) is 32.7 Å². The molecular weight excluding hydrogens is 374 g/mol. The maximum atomic E-state index is 13.3. The Hall–Kier alpha value is -3.47. The second kappa shape index (κ2) is 8.49. The van der Waals surface area contributed by atoms with Gasteiger partial charge in [0.1, 0.15) is 0 Å². The zero-order chi connectivity index (χ0) is 21.1. The summed E-state index contributed by atoms with van der Waals surface area (Å²) in [7, 11) is 0. The molecule has 2 amide bonds. The lowest BCUT2D eigenvalue weighted by Gasteiger charge is -2.26. The molecule has 2 heterocycles. The molecule has 1 atom stereocenters. The molecule has 1 fully saturated rings. The van der Waals surface area contributed by atoms with Gasteiger partial charge >= 0.3 is 0 Å². The predicted molar refractivity (Wildman–Crippen MR) is 118 cm³/mol. The van der Waals surface area contributed by atoms with Gasteiger partial charge in [-0.2, -0.15) is 0 Å². The second-order valence-corrected chi connectivity index (χ2v) is 7.85. The molecule has 5 nitrogen and oxygen atoms in total. The van der Waals surface area contributed by atoms with Gasteiger partial charge in [0.2, 0.25) is 0 Å². The fourth-order valence-corrected chi connectivity index (χ4v) is 4.15. The molecule has 1 aliphatic rings. The molecule has 2 aromatic carbocycles. The maximum Gasteiger partial charge on any atom is 0.257 e. The lowest BCUT2D eigenvalue weighted by molar-refractivity contribution is 0.0735. The van der Waals surface area contributed by atoms with E-state index in [0.29, 0.717) is 16.8 Å². The van der Waals surface area contributed by atoms with Crippen molar-refractivity contribution in [1.29, 1.82) is 0 Å². The van der Waals surface area contributed by atoms with Crippen molar-refractivity contribution in [1.82, 2.24) is 9.88 Å². The Labute approximate surface area is 176 Å². The van der Waals surface area contributed by atoms with Gasteiger partial charge in [0.15, 0.2) is 0 Å². The molecular formula is C25H25N3O2. The summed E-state index contributed by atoms with van der Waals surface area (Å²) in [6.07, 6.45) is 5.09. The van der Waals surface area contributed by atoms with Gasteiger partial charge in [-0.15, -0.1) is 0 Å². The minimum absolute atomic E-state index is 0.00543. The number of carbonyl (C=O) groups excluding carboxylic acids is 2. The second-order valence-electron chi connectivity index (χ2n) is 7.85. The molecule has 1 unspecified atom stereocenters. The van der Waals surface area contributed by atoms with Crippen molar-refractivity contribution in [2.24, 2.45) is 0 Å². The summed E-state index contributed by atoms with van der Waals surface area (Å²) in [6.45, 7) is 4.92. The van der Waals surface area contributed by atoms with Crippen LogP contribution in [-0.2, 0) is 0 Å². The normalized spacial score (nSPS) is 15.8. The zero-order valence-corrected chi connectivity index (χ0v) is 17.3. The molecule has 0 spiro atoms. The van der Waals surface area contributed by atoms with E-state index in [4.69, 9.17) is 0 Å². The molecule has 0 bridgehead atoms. The SMILES string of the molecule is Cc1cc(C)cc(C2CCCN2C(=O)c2cccc(NC(=O)c3cccnc3)c2)c1. The van der Waals surface area contributed by atoms with Gasteiger partial charge in [-0.25, -0.2) is 0 Å². The number of aromatic nitrogens is 1. The van der Waals surface area contributed by atoms with Crippen LogP contribution in [-0.4, -0.2) is 28.2 Å². The highest BCUT2D eigenvalue weighted by Crippen LogP contribution is 2.34. The van der Waals surface area contributed by atoms with Crippen LogP contribution in [0.5, 0.6) is 0 Å². The largest absolute Gasteiger partial charge is 0.332 e. The van der Waals surface area contributed by atoms with E-state index >= 15 is 0 Å². The van der Waals surface area contributed by atoms with E-state index in [9.17, 15) is 9.59 Å². The van der Waals surface area contributed by atoms with E-state index < -0.39 is 0 Å². The van der Waals surface area contributed by atoms with Crippen LogP contribution < -0.4 is 5.32 Å². The number of anilines is 1. The van der Waals surface area contributed by atoms with Crippen molar-refractivity contribution in [2.75, 3.05) is 11.9 Å². The molecule has 1 N–H and O–H groups in total. The standard InChI is InChI=1S/C25H25N3O2/c1-17-12-18(2)14-21(13-17)23-9-5-11-28(23)25(30)19-6-3-8-22(15-19)27-24(29)20-7-4-10-26-16-20/h3-4,6-8,10,12-16,23H,5,9,11H2,1-2H3,(H,27,29). The first kappa shape index (κ1) is 19.8. The molecule has 30 heavy (non-hydrogen) atoms. The predicted octanol–water partition coefficient (Wildman–Crippen LogP) is 4.93. The van der Waals surface area contributed by atoms with Gasteiger partial charge in [0.25, 0.3) is 11.8 Å². The molecule has 4 rings (SSSR count). The Morgan fingerprint density at radius 1 is 1.00 bits per heavy atom. The van der Waals surface area contributed by atoms with Gasteiger partial charge in [-0.3, -0.25) is 14.6 Å². The Morgan fingerprint density at radius 3 is 2.50 bits per heavy atom. The number of likely N-dealkylation sites (tertiary alicyclic amines) is 1. The highest BCUT2D eigenvalue weighted by molar-refractivity contribution is 6.05. The van der Waals surface area contributed by atoms with Crippen LogP contribution in [0.4, 0.5) is 5.69 Å². The zero-order valence-electron chi connectivity index (χ0n) is 17.3. The summed E-state index contributed by atoms with van der Waals surface area (Å²) in [6, 6.07) is 17.1. The molecule has 5 heteroatoms. The fraction of sp³-hybridized carbons (Fsp3) is 0.240. The van der Waals surface area contributed by atoms with E-state index in [1.165, 1.54) is 22.9 Å². The third-order valence-corrected chi connectivity index (χ3v) is 5.43. The summed E-state index contributed by atoms with van der Waals surface area (Å²) in [4.78, 5) is 31.6. The summed E-state index contributed by atoms with van der Waals surface area (Å²) in [5, 5.41) is 2.85. The minimum Gasteiger partial charge on any atom is -0.332 e. The quantitative estimate of drug-likeness (QED) is 0.677. The average molecular weight is 399 g/mol. The van der Waals surface area contributed by atoms with Crippen LogP contribution in [0.3, 0.4) is 0 Å². The van der Waals surface area contributed by atoms with E-state index in [1.54, 1.807) is 42.6 Å². The third kappa shape index (κ3) is 4.25. The lowest BCUT2D eigenvalue weighted by atomic mass is 9.99. The Kier molecular flexibility index (Phi) is 5.61. The van der Waals surface area contributed by atoms with E-state index in [-0.39, 0.29) is 17.9 Å². The van der Waals surface area contributed by atoms with Crippen LogP contribution in [0.1, 0.15) is 56.3 Å². The summed E-state index contributed by atoms with van der Waals surface area (Å²) in [5.74, 6) is -0.254. The summed E-state index contributed by atoms with van der Waals surface area (Å²) >= 11 is 0. The molecule has 0 saturated carbocycles. The summed E-state index contributed by atoms with van der Waals surface area (Å²) < 4.78 is 0. The van der Waals surface area contributed by atoms with Crippen molar-refractivity contribution in [3.8, 4) is 0 Å². The van der Waals surface area contributed by atoms with Crippen LogP contribution in [0, 0.1) is 13.8 Å². The molecule has 1 aromatic heterocycles. The van der Waals surface area contributed by atoms with E-state index in [0.717, 1.165) is 19.4 Å². The molecule has 0 radical (unpaired) electrons. The number of hydrogen-bond acceptors (Lipinski definition) is 3. The molecule has 152 valence electrons. The number of nitrogens with zero attached hydrogens (tertiary/aromatic N) is 2.